The Morgan fingerprint density at radius 3 is 2.21 bits per heavy atom. The fraction of sp³-hybridized carbons (Fsp3) is 0.312. The van der Waals surface area contributed by atoms with Crippen molar-refractivity contribution in [1.82, 2.24) is 5.16 Å². The maximum atomic E-state index is 11.2. The third-order valence-electron chi connectivity index (χ3n) is 7.79. The van der Waals surface area contributed by atoms with Crippen molar-refractivity contribution in [2.45, 2.75) is 63.4 Å². The summed E-state index contributed by atoms with van der Waals surface area (Å²) in [5.74, 6) is 0.0406. The molecule has 0 bridgehead atoms. The molecule has 0 aliphatic heterocycles. The molecule has 7 heteroatoms. The van der Waals surface area contributed by atoms with Crippen molar-refractivity contribution in [3.8, 4) is 22.5 Å². The number of aliphatic hydroxyl groups is 1. The Labute approximate surface area is 238 Å². The lowest BCUT2D eigenvalue weighted by molar-refractivity contribution is -0.137. The molecule has 0 spiro atoms. The molecule has 1 heterocycles. The van der Waals surface area contributed by atoms with Crippen LogP contribution >= 0.6 is 23.2 Å². The molecule has 5 nitrogen and oxygen atoms in total. The van der Waals surface area contributed by atoms with Crippen molar-refractivity contribution in [3.63, 3.8) is 0 Å². The standard InChI is InChI=1S/C32H31Cl2NO4/c1-20-26(4-2-3-5-29(36)24-12-15-27(33)28(34)18-24)31(39-35-20)23-8-6-21(7-9-23)22-10-13-25(14-11-22)32(16-17-32)19-30(37)38/h6-15,18,29,36H,2-5,16-17,19H2,1H3,(H,37,38). The molecule has 3 aromatic carbocycles. The second-order valence-corrected chi connectivity index (χ2v) is 11.3. The first-order chi connectivity index (χ1) is 18.8. The maximum absolute atomic E-state index is 11.2. The summed E-state index contributed by atoms with van der Waals surface area (Å²) in [6.45, 7) is 1.96. The number of carboxylic acid groups (broad SMARTS) is 1. The van der Waals surface area contributed by atoms with Crippen LogP contribution in [0.2, 0.25) is 10.0 Å². The van der Waals surface area contributed by atoms with Crippen LogP contribution in [0.1, 0.15) is 67.0 Å². The molecule has 4 aromatic rings. The van der Waals surface area contributed by atoms with Crippen LogP contribution in [-0.2, 0) is 16.6 Å². The highest BCUT2D eigenvalue weighted by Crippen LogP contribution is 2.51. The summed E-state index contributed by atoms with van der Waals surface area (Å²) in [7, 11) is 0. The van der Waals surface area contributed by atoms with E-state index < -0.39 is 12.1 Å². The third kappa shape index (κ3) is 6.22. The Bertz CT molecular complexity index is 1460. The average Bonchev–Trinajstić information content (AvgIpc) is 3.61. The Morgan fingerprint density at radius 1 is 0.949 bits per heavy atom. The van der Waals surface area contributed by atoms with Gasteiger partial charge in [0.25, 0.3) is 0 Å². The lowest BCUT2D eigenvalue weighted by Crippen LogP contribution is -2.12. The first kappa shape index (κ1) is 27.4. The molecule has 0 radical (unpaired) electrons. The molecular weight excluding hydrogens is 533 g/mol. The van der Waals surface area contributed by atoms with E-state index in [9.17, 15) is 15.0 Å². The van der Waals surface area contributed by atoms with Crippen LogP contribution in [-0.4, -0.2) is 21.3 Å². The molecule has 39 heavy (non-hydrogen) atoms. The Hall–Kier alpha value is -3.12. The zero-order valence-corrected chi connectivity index (χ0v) is 23.3. The van der Waals surface area contributed by atoms with E-state index in [2.05, 4.69) is 41.6 Å². The fourth-order valence-electron chi connectivity index (χ4n) is 5.27. The average molecular weight is 565 g/mol. The number of unbranched alkanes of at least 4 members (excludes halogenated alkanes) is 1. The second-order valence-electron chi connectivity index (χ2n) is 10.5. The predicted octanol–water partition coefficient (Wildman–Crippen LogP) is 8.58. The van der Waals surface area contributed by atoms with E-state index in [1.807, 2.05) is 25.1 Å². The van der Waals surface area contributed by atoms with E-state index in [4.69, 9.17) is 27.7 Å². The third-order valence-corrected chi connectivity index (χ3v) is 8.53. The van der Waals surface area contributed by atoms with Crippen LogP contribution < -0.4 is 0 Å². The first-order valence-electron chi connectivity index (χ1n) is 13.3. The van der Waals surface area contributed by atoms with Gasteiger partial charge in [-0.2, -0.15) is 0 Å². The van der Waals surface area contributed by atoms with Crippen LogP contribution in [0.5, 0.6) is 0 Å². The van der Waals surface area contributed by atoms with E-state index in [-0.39, 0.29) is 11.8 Å². The topological polar surface area (TPSA) is 83.6 Å². The van der Waals surface area contributed by atoms with Gasteiger partial charge in [0.15, 0.2) is 5.76 Å². The number of aryl methyl sites for hydroxylation is 1. The number of hydrogen-bond donors (Lipinski definition) is 2. The Kier molecular flexibility index (Phi) is 8.13. The molecule has 5 rings (SSSR count). The first-order valence-corrected chi connectivity index (χ1v) is 14.0. The van der Waals surface area contributed by atoms with Gasteiger partial charge in [0.2, 0.25) is 0 Å². The highest BCUT2D eigenvalue weighted by atomic mass is 35.5. The van der Waals surface area contributed by atoms with Crippen molar-refractivity contribution in [1.29, 1.82) is 0 Å². The Morgan fingerprint density at radius 2 is 1.59 bits per heavy atom. The molecule has 1 aliphatic rings. The number of carbonyl (C=O) groups is 1. The molecule has 0 amide bonds. The van der Waals surface area contributed by atoms with E-state index >= 15 is 0 Å². The molecule has 1 atom stereocenters. The maximum Gasteiger partial charge on any atom is 0.304 e. The molecule has 1 fully saturated rings. The minimum Gasteiger partial charge on any atom is -0.481 e. The van der Waals surface area contributed by atoms with Gasteiger partial charge in [0, 0.05) is 16.5 Å². The van der Waals surface area contributed by atoms with Gasteiger partial charge in [-0.3, -0.25) is 4.79 Å². The van der Waals surface area contributed by atoms with Crippen molar-refractivity contribution in [2.24, 2.45) is 0 Å². The second kappa shape index (κ2) is 11.5. The summed E-state index contributed by atoms with van der Waals surface area (Å²) in [4.78, 5) is 11.2. The zero-order chi connectivity index (χ0) is 27.6. The van der Waals surface area contributed by atoms with E-state index in [0.29, 0.717) is 16.5 Å². The lowest BCUT2D eigenvalue weighted by atomic mass is 9.91. The summed E-state index contributed by atoms with van der Waals surface area (Å²) in [5, 5.41) is 24.9. The SMILES string of the molecule is Cc1noc(-c2ccc(-c3ccc(C4(CC(=O)O)CC4)cc3)cc2)c1CCCCC(O)c1ccc(Cl)c(Cl)c1. The molecule has 2 N–H and O–H groups in total. The normalized spacial score (nSPS) is 14.8. The van der Waals surface area contributed by atoms with Gasteiger partial charge in [-0.1, -0.05) is 89.4 Å². The highest BCUT2D eigenvalue weighted by Gasteiger charge is 2.45. The minimum absolute atomic E-state index is 0.184. The largest absolute Gasteiger partial charge is 0.481 e. The number of aromatic nitrogens is 1. The predicted molar refractivity (Wildman–Crippen MR) is 154 cm³/mol. The molecule has 0 saturated heterocycles. The number of rotatable bonds is 11. The molecular formula is C32H31Cl2NO4. The van der Waals surface area contributed by atoms with Crippen LogP contribution in [0.4, 0.5) is 0 Å². The van der Waals surface area contributed by atoms with Gasteiger partial charge in [-0.15, -0.1) is 0 Å². The van der Waals surface area contributed by atoms with E-state index in [0.717, 1.165) is 76.9 Å². The van der Waals surface area contributed by atoms with Crippen molar-refractivity contribution in [2.75, 3.05) is 0 Å². The molecule has 202 valence electrons. The summed E-state index contributed by atoms with van der Waals surface area (Å²) in [6, 6.07) is 21.8. The molecule has 1 aromatic heterocycles. The molecule has 1 aliphatic carbocycles. The van der Waals surface area contributed by atoms with Crippen LogP contribution in [0.3, 0.4) is 0 Å². The number of nitrogens with zero attached hydrogens (tertiary/aromatic N) is 1. The van der Waals surface area contributed by atoms with E-state index in [1.54, 1.807) is 12.1 Å². The van der Waals surface area contributed by atoms with Crippen molar-refractivity contribution >= 4 is 29.2 Å². The van der Waals surface area contributed by atoms with Crippen LogP contribution in [0.25, 0.3) is 22.5 Å². The van der Waals surface area contributed by atoms with Gasteiger partial charge < -0.3 is 14.7 Å². The van der Waals surface area contributed by atoms with Crippen molar-refractivity contribution in [3.05, 3.63) is 99.2 Å². The van der Waals surface area contributed by atoms with Gasteiger partial charge in [0.05, 0.1) is 28.3 Å². The number of benzene rings is 3. The monoisotopic (exact) mass is 563 g/mol. The van der Waals surface area contributed by atoms with E-state index in [1.165, 1.54) is 0 Å². The number of carboxylic acids is 1. The number of halogens is 2. The van der Waals surface area contributed by atoms with Gasteiger partial charge in [-0.25, -0.2) is 0 Å². The highest BCUT2D eigenvalue weighted by molar-refractivity contribution is 6.42. The summed E-state index contributed by atoms with van der Waals surface area (Å²) >= 11 is 12.1. The minimum atomic E-state index is -0.741. The van der Waals surface area contributed by atoms with Gasteiger partial charge >= 0.3 is 5.97 Å². The number of aliphatic carboxylic acids is 1. The zero-order valence-electron chi connectivity index (χ0n) is 21.8. The molecule has 1 unspecified atom stereocenters. The molecule has 1 saturated carbocycles. The number of aliphatic hydroxyl groups excluding tert-OH is 1. The summed E-state index contributed by atoms with van der Waals surface area (Å²) in [6.07, 6.45) is 4.64. The van der Waals surface area contributed by atoms with Crippen LogP contribution in [0.15, 0.2) is 71.3 Å². The smallest absolute Gasteiger partial charge is 0.304 e. The fourth-order valence-corrected chi connectivity index (χ4v) is 5.58. The van der Waals surface area contributed by atoms with Crippen LogP contribution in [0, 0.1) is 6.92 Å². The summed E-state index contributed by atoms with van der Waals surface area (Å²) in [5.41, 5.74) is 6.81. The quantitative estimate of drug-likeness (QED) is 0.178. The number of hydrogen-bond acceptors (Lipinski definition) is 4. The van der Waals surface area contributed by atoms with Gasteiger partial charge in [-0.05, 0) is 73.4 Å². The van der Waals surface area contributed by atoms with Gasteiger partial charge in [0.1, 0.15) is 0 Å². The Balaban J connectivity index is 1.21. The van der Waals surface area contributed by atoms with Crippen molar-refractivity contribution < 1.29 is 19.5 Å². The lowest BCUT2D eigenvalue weighted by Gasteiger charge is -2.14. The summed E-state index contributed by atoms with van der Waals surface area (Å²) < 4.78 is 5.72.